The second-order valence-corrected chi connectivity index (χ2v) is 11.1. The Morgan fingerprint density at radius 1 is 1.00 bits per heavy atom. The van der Waals surface area contributed by atoms with Crippen molar-refractivity contribution in [1.82, 2.24) is 14.8 Å². The molecule has 0 unspecified atom stereocenters. The first kappa shape index (κ1) is 24.8. The second kappa shape index (κ2) is 9.87. The molecule has 1 aromatic carbocycles. The lowest BCUT2D eigenvalue weighted by Gasteiger charge is -2.47. The molecule has 36 heavy (non-hydrogen) atoms. The van der Waals surface area contributed by atoms with Crippen LogP contribution in [0.25, 0.3) is 10.9 Å². The van der Waals surface area contributed by atoms with E-state index in [1.807, 2.05) is 11.5 Å². The highest BCUT2D eigenvalue weighted by molar-refractivity contribution is 6.14. The van der Waals surface area contributed by atoms with E-state index in [0.717, 1.165) is 51.4 Å². The molecule has 3 amide bonds. The van der Waals surface area contributed by atoms with Gasteiger partial charge in [0.2, 0.25) is 11.8 Å². The molecule has 8 heteroatoms. The van der Waals surface area contributed by atoms with Gasteiger partial charge in [0.1, 0.15) is 17.1 Å². The van der Waals surface area contributed by atoms with E-state index in [0.29, 0.717) is 22.3 Å². The van der Waals surface area contributed by atoms with Crippen molar-refractivity contribution in [2.24, 2.45) is 0 Å². The van der Waals surface area contributed by atoms with E-state index in [1.54, 1.807) is 11.0 Å². The molecule has 0 spiro atoms. The lowest BCUT2D eigenvalue weighted by Crippen LogP contribution is -2.67. The van der Waals surface area contributed by atoms with Crippen molar-refractivity contribution in [2.45, 2.75) is 109 Å². The van der Waals surface area contributed by atoms with Crippen molar-refractivity contribution in [1.29, 1.82) is 0 Å². The number of rotatable bonds is 4. The summed E-state index contributed by atoms with van der Waals surface area (Å²) in [4.78, 5) is 42.2. The van der Waals surface area contributed by atoms with E-state index in [9.17, 15) is 18.8 Å². The van der Waals surface area contributed by atoms with Crippen LogP contribution in [0.1, 0.15) is 95.0 Å². The fourth-order valence-electron chi connectivity index (χ4n) is 6.59. The van der Waals surface area contributed by atoms with Gasteiger partial charge in [0.15, 0.2) is 0 Å². The number of nitrogens with one attached hydrogen (secondary N) is 2. The summed E-state index contributed by atoms with van der Waals surface area (Å²) in [5, 5.41) is 6.58. The summed E-state index contributed by atoms with van der Waals surface area (Å²) in [6.45, 7) is 3.51. The van der Waals surface area contributed by atoms with Crippen molar-refractivity contribution in [3.05, 3.63) is 29.7 Å². The van der Waals surface area contributed by atoms with E-state index < -0.39 is 11.4 Å². The Bertz CT molecular complexity index is 1180. The van der Waals surface area contributed by atoms with Crippen LogP contribution in [0.15, 0.2) is 18.2 Å². The molecule has 2 aromatic rings. The van der Waals surface area contributed by atoms with Gasteiger partial charge in [-0.1, -0.05) is 44.9 Å². The monoisotopic (exact) mass is 496 g/mol. The molecule has 7 nitrogen and oxygen atoms in total. The summed E-state index contributed by atoms with van der Waals surface area (Å²) >= 11 is 0. The number of anilines is 1. The minimum atomic E-state index is -1.09. The minimum absolute atomic E-state index is 0.0424. The van der Waals surface area contributed by atoms with E-state index in [4.69, 9.17) is 0 Å². The maximum absolute atomic E-state index is 14.3. The quantitative estimate of drug-likeness (QED) is 0.616. The number of nitrogens with zero attached hydrogens (tertiary/aromatic N) is 2. The van der Waals surface area contributed by atoms with Gasteiger partial charge >= 0.3 is 0 Å². The molecular weight excluding hydrogens is 459 g/mol. The van der Waals surface area contributed by atoms with Crippen molar-refractivity contribution < 1.29 is 18.8 Å². The first-order valence-corrected chi connectivity index (χ1v) is 13.5. The molecule has 5 rings (SSSR count). The lowest BCUT2D eigenvalue weighted by atomic mass is 9.90. The third-order valence-electron chi connectivity index (χ3n) is 8.36. The first-order valence-electron chi connectivity index (χ1n) is 13.5. The average Bonchev–Trinajstić information content (AvgIpc) is 3.42. The van der Waals surface area contributed by atoms with Crippen molar-refractivity contribution in [3.63, 3.8) is 0 Å². The molecule has 1 aliphatic heterocycles. The Morgan fingerprint density at radius 3 is 2.31 bits per heavy atom. The minimum Gasteiger partial charge on any atom is -0.351 e. The summed E-state index contributed by atoms with van der Waals surface area (Å²) < 4.78 is 16.1. The number of fused-ring (bicyclic) bond motifs is 3. The Morgan fingerprint density at radius 2 is 1.64 bits per heavy atom. The summed E-state index contributed by atoms with van der Waals surface area (Å²) in [5.74, 6) is -1.17. The van der Waals surface area contributed by atoms with Gasteiger partial charge in [0.25, 0.3) is 5.91 Å². The van der Waals surface area contributed by atoms with Gasteiger partial charge in [-0.2, -0.15) is 0 Å². The van der Waals surface area contributed by atoms with Crippen LogP contribution in [0.5, 0.6) is 0 Å². The Kier molecular flexibility index (Phi) is 6.79. The Hall–Kier alpha value is -2.90. The zero-order valence-corrected chi connectivity index (χ0v) is 21.4. The maximum atomic E-state index is 14.3. The first-order chi connectivity index (χ1) is 17.3. The van der Waals surface area contributed by atoms with Crippen LogP contribution in [-0.4, -0.2) is 44.8 Å². The summed E-state index contributed by atoms with van der Waals surface area (Å²) in [5.41, 5.74) is 0.205. The molecule has 0 bridgehead atoms. The Balaban J connectivity index is 1.59. The molecule has 1 atom stereocenters. The van der Waals surface area contributed by atoms with Crippen LogP contribution in [0.2, 0.25) is 0 Å². The Labute approximate surface area is 211 Å². The van der Waals surface area contributed by atoms with E-state index in [1.165, 1.54) is 38.3 Å². The molecule has 2 saturated carbocycles. The summed E-state index contributed by atoms with van der Waals surface area (Å²) in [6.07, 6.45) is 11.5. The predicted octanol–water partition coefficient (Wildman–Crippen LogP) is 5.13. The zero-order chi connectivity index (χ0) is 25.4. The summed E-state index contributed by atoms with van der Waals surface area (Å²) in [7, 11) is 0. The number of aromatic nitrogens is 1. The average molecular weight is 497 g/mol. The van der Waals surface area contributed by atoms with E-state index >= 15 is 0 Å². The number of carbonyl (C=O) groups excluding carboxylic acids is 3. The van der Waals surface area contributed by atoms with Crippen LogP contribution in [0.4, 0.5) is 10.1 Å². The molecule has 1 aromatic heterocycles. The predicted molar refractivity (Wildman–Crippen MR) is 137 cm³/mol. The maximum Gasteiger partial charge on any atom is 0.273 e. The standard InChI is InChI=1S/C28H37FN4O3/c1-18(34)30-24-22-16-19(29)14-15-23(22)32-17-28(2,27(36)31-20-10-6-4-3-5-7-11-20)33(26(35)25(24)32)21-12-8-9-13-21/h14-16,20-21H,3-13,17H2,1-2H3,(H,30,34)(H,31,36)/t28-/m1/s1. The van der Waals surface area contributed by atoms with Gasteiger partial charge in [-0.15, -0.1) is 0 Å². The number of hydrogen-bond donors (Lipinski definition) is 2. The van der Waals surface area contributed by atoms with Crippen LogP contribution in [-0.2, 0) is 16.1 Å². The van der Waals surface area contributed by atoms with E-state index in [2.05, 4.69) is 10.6 Å². The van der Waals surface area contributed by atoms with Crippen molar-refractivity contribution in [3.8, 4) is 0 Å². The molecule has 3 aliphatic rings. The highest BCUT2D eigenvalue weighted by atomic mass is 19.1. The zero-order valence-electron chi connectivity index (χ0n) is 21.4. The third kappa shape index (κ3) is 4.39. The highest BCUT2D eigenvalue weighted by Gasteiger charge is 2.52. The third-order valence-corrected chi connectivity index (χ3v) is 8.36. The molecule has 2 heterocycles. The highest BCUT2D eigenvalue weighted by Crippen LogP contribution is 2.42. The van der Waals surface area contributed by atoms with Gasteiger partial charge in [-0.3, -0.25) is 14.4 Å². The van der Waals surface area contributed by atoms with Gasteiger partial charge in [-0.25, -0.2) is 4.39 Å². The number of benzene rings is 1. The summed E-state index contributed by atoms with van der Waals surface area (Å²) in [6, 6.07) is 4.41. The normalized spacial score (nSPS) is 23.9. The van der Waals surface area contributed by atoms with Crippen molar-refractivity contribution >= 4 is 34.3 Å². The van der Waals surface area contributed by atoms with Crippen LogP contribution < -0.4 is 10.6 Å². The van der Waals surface area contributed by atoms with Crippen LogP contribution in [0.3, 0.4) is 0 Å². The molecule has 0 saturated heterocycles. The number of amides is 3. The molecule has 194 valence electrons. The molecule has 2 fully saturated rings. The van der Waals surface area contributed by atoms with Gasteiger partial charge in [-0.05, 0) is 50.8 Å². The fourth-order valence-corrected chi connectivity index (χ4v) is 6.59. The number of hydrogen-bond acceptors (Lipinski definition) is 3. The second-order valence-electron chi connectivity index (χ2n) is 11.1. The topological polar surface area (TPSA) is 83.4 Å². The van der Waals surface area contributed by atoms with Gasteiger partial charge in [0.05, 0.1) is 17.7 Å². The lowest BCUT2D eigenvalue weighted by molar-refractivity contribution is -0.135. The van der Waals surface area contributed by atoms with Gasteiger partial charge in [0, 0.05) is 24.4 Å². The number of carbonyl (C=O) groups is 3. The fraction of sp³-hybridized carbons (Fsp3) is 0.607. The molecular formula is C28H37FN4O3. The van der Waals surface area contributed by atoms with Crippen LogP contribution >= 0.6 is 0 Å². The molecule has 0 radical (unpaired) electrons. The number of halogens is 1. The van der Waals surface area contributed by atoms with Crippen LogP contribution in [0, 0.1) is 5.82 Å². The molecule has 2 N–H and O–H groups in total. The van der Waals surface area contributed by atoms with E-state index in [-0.39, 0.29) is 36.3 Å². The SMILES string of the molecule is CC(=O)Nc1c2n(c3ccc(F)cc13)C[C@](C)(C(=O)NC1CCCCCCC1)N(C1CCCC1)C2=O. The van der Waals surface area contributed by atoms with Crippen molar-refractivity contribution in [2.75, 3.05) is 5.32 Å². The van der Waals surface area contributed by atoms with Gasteiger partial charge < -0.3 is 20.1 Å². The smallest absolute Gasteiger partial charge is 0.273 e. The molecule has 2 aliphatic carbocycles. The largest absolute Gasteiger partial charge is 0.351 e.